The van der Waals surface area contributed by atoms with Crippen LogP contribution in [0.2, 0.25) is 0 Å². The molecule has 35 heavy (non-hydrogen) atoms. The average Bonchev–Trinajstić information content (AvgIpc) is 3.40. The van der Waals surface area contributed by atoms with Gasteiger partial charge >= 0.3 is 0 Å². The number of benzene rings is 2. The number of nitrogens with zero attached hydrogens (tertiary/aromatic N) is 2. The zero-order valence-corrected chi connectivity index (χ0v) is 22.4. The summed E-state index contributed by atoms with van der Waals surface area (Å²) < 4.78 is 57.0. The predicted octanol–water partition coefficient (Wildman–Crippen LogP) is 5.48. The lowest BCUT2D eigenvalue weighted by Gasteiger charge is -2.33. The fourth-order valence-corrected chi connectivity index (χ4v) is 8.44. The molecule has 0 unspecified atom stereocenters. The van der Waals surface area contributed by atoms with Gasteiger partial charge in [-0.05, 0) is 54.1 Å². The fourth-order valence-electron chi connectivity index (χ4n) is 4.56. The molecule has 1 aliphatic rings. The first-order valence-electron chi connectivity index (χ1n) is 12.0. The summed E-state index contributed by atoms with van der Waals surface area (Å²) in [6.07, 6.45) is 4.87. The van der Waals surface area contributed by atoms with Crippen molar-refractivity contribution < 1.29 is 16.8 Å². The quantitative estimate of drug-likeness (QED) is 0.346. The number of rotatable bonds is 10. The molecule has 0 atom stereocenters. The molecule has 0 N–H and O–H groups in total. The topological polar surface area (TPSA) is 74.8 Å². The maximum absolute atomic E-state index is 13.7. The maximum Gasteiger partial charge on any atom is 0.243 e. The lowest BCUT2D eigenvalue weighted by atomic mass is 9.95. The van der Waals surface area contributed by atoms with E-state index in [4.69, 9.17) is 0 Å². The molecule has 0 aliphatic heterocycles. The first kappa shape index (κ1) is 26.0. The van der Waals surface area contributed by atoms with Gasteiger partial charge in [0.05, 0.1) is 9.79 Å². The van der Waals surface area contributed by atoms with Crippen LogP contribution in [0.15, 0.2) is 81.9 Å². The van der Waals surface area contributed by atoms with Crippen molar-refractivity contribution >= 4 is 31.4 Å². The Morgan fingerprint density at radius 3 is 1.97 bits per heavy atom. The van der Waals surface area contributed by atoms with Crippen molar-refractivity contribution in [1.82, 2.24) is 8.61 Å². The van der Waals surface area contributed by atoms with E-state index in [1.165, 1.54) is 28.6 Å². The molecule has 9 heteroatoms. The average molecular weight is 533 g/mol. The maximum atomic E-state index is 13.7. The molecule has 2 aromatic carbocycles. The Morgan fingerprint density at radius 2 is 1.40 bits per heavy atom. The van der Waals surface area contributed by atoms with Crippen LogP contribution >= 0.6 is 11.3 Å². The zero-order valence-electron chi connectivity index (χ0n) is 19.9. The second kappa shape index (κ2) is 11.3. The first-order valence-corrected chi connectivity index (χ1v) is 15.8. The van der Waals surface area contributed by atoms with Gasteiger partial charge in [-0.3, -0.25) is 0 Å². The molecule has 0 spiro atoms. The zero-order chi connectivity index (χ0) is 24.9. The second-order valence-electron chi connectivity index (χ2n) is 8.81. The molecule has 0 saturated heterocycles. The van der Waals surface area contributed by atoms with Gasteiger partial charge in [-0.25, -0.2) is 16.8 Å². The Kier molecular flexibility index (Phi) is 8.44. The summed E-state index contributed by atoms with van der Waals surface area (Å²) in [7, 11) is -7.55. The van der Waals surface area contributed by atoms with E-state index in [0.717, 1.165) is 42.5 Å². The molecule has 0 radical (unpaired) electrons. The van der Waals surface area contributed by atoms with E-state index in [1.807, 2.05) is 47.8 Å². The Hall–Kier alpha value is -2.04. The van der Waals surface area contributed by atoms with Gasteiger partial charge in [-0.1, -0.05) is 62.6 Å². The van der Waals surface area contributed by atoms with Crippen LogP contribution in [0.25, 0.3) is 0 Å². The highest BCUT2D eigenvalue weighted by Crippen LogP contribution is 2.31. The van der Waals surface area contributed by atoms with Crippen molar-refractivity contribution in [3.63, 3.8) is 0 Å². The van der Waals surface area contributed by atoms with Gasteiger partial charge in [0.15, 0.2) is 0 Å². The summed E-state index contributed by atoms with van der Waals surface area (Å²) in [6.45, 7) is 2.71. The summed E-state index contributed by atoms with van der Waals surface area (Å²) in [5.74, 6) is 0. The van der Waals surface area contributed by atoms with Crippen molar-refractivity contribution in [2.24, 2.45) is 0 Å². The minimum atomic E-state index is -3.78. The summed E-state index contributed by atoms with van der Waals surface area (Å²) in [4.78, 5) is 1.22. The van der Waals surface area contributed by atoms with Gasteiger partial charge in [0.2, 0.25) is 20.0 Å². The van der Waals surface area contributed by atoms with Crippen LogP contribution in [0, 0.1) is 0 Å². The van der Waals surface area contributed by atoms with E-state index >= 15 is 0 Å². The van der Waals surface area contributed by atoms with Gasteiger partial charge in [-0.2, -0.15) is 8.61 Å². The number of sulfonamides is 2. The monoisotopic (exact) mass is 532 g/mol. The van der Waals surface area contributed by atoms with E-state index in [1.54, 1.807) is 22.6 Å². The third-order valence-corrected chi connectivity index (χ3v) is 11.2. The highest BCUT2D eigenvalue weighted by molar-refractivity contribution is 7.89. The Labute approximate surface area is 213 Å². The van der Waals surface area contributed by atoms with E-state index in [2.05, 4.69) is 0 Å². The highest BCUT2D eigenvalue weighted by Gasteiger charge is 2.33. The first-order chi connectivity index (χ1) is 16.8. The largest absolute Gasteiger partial charge is 0.243 e. The lowest BCUT2D eigenvalue weighted by Crippen LogP contribution is -2.40. The molecule has 1 heterocycles. The molecular formula is C26H32N2O4S3. The molecule has 4 rings (SSSR count). The third kappa shape index (κ3) is 6.03. The van der Waals surface area contributed by atoms with Crippen LogP contribution in [0.5, 0.6) is 0 Å². The SMILES string of the molecule is CCN(Cc1ccccc1)S(=O)(=O)c1ccc(S(=O)(=O)N(Cc2cccs2)C2CCCCC2)cc1. The number of thiophene rings is 1. The van der Waals surface area contributed by atoms with Crippen LogP contribution in [-0.2, 0) is 33.1 Å². The smallest absolute Gasteiger partial charge is 0.207 e. The molecule has 6 nitrogen and oxygen atoms in total. The molecule has 0 amide bonds. The summed E-state index contributed by atoms with van der Waals surface area (Å²) >= 11 is 1.55. The standard InChI is InChI=1S/C26H32N2O4S3/c1-2-27(20-22-10-5-3-6-11-22)34(29,30)25-15-17-26(18-16-25)35(31,32)28(21-24-14-9-19-33-24)23-12-7-4-8-13-23/h3,5-6,9-11,14-19,23H,2,4,7-8,12-13,20-21H2,1H3. The van der Waals surface area contributed by atoms with E-state index < -0.39 is 20.0 Å². The molecule has 1 saturated carbocycles. The molecule has 1 aliphatic carbocycles. The van der Waals surface area contributed by atoms with Crippen molar-refractivity contribution in [1.29, 1.82) is 0 Å². The van der Waals surface area contributed by atoms with Crippen molar-refractivity contribution in [2.45, 2.75) is 68.0 Å². The van der Waals surface area contributed by atoms with Gasteiger partial charge < -0.3 is 0 Å². The number of hydrogen-bond acceptors (Lipinski definition) is 5. The normalized spacial score (nSPS) is 15.6. The Balaban J connectivity index is 1.59. The van der Waals surface area contributed by atoms with E-state index in [0.29, 0.717) is 13.1 Å². The van der Waals surface area contributed by atoms with E-state index in [-0.39, 0.29) is 22.4 Å². The predicted molar refractivity (Wildman–Crippen MR) is 140 cm³/mol. The molecule has 3 aromatic rings. The lowest BCUT2D eigenvalue weighted by molar-refractivity contribution is 0.249. The molecular weight excluding hydrogens is 500 g/mol. The van der Waals surface area contributed by atoms with Crippen LogP contribution in [0.4, 0.5) is 0 Å². The molecule has 1 fully saturated rings. The molecule has 0 bridgehead atoms. The fraction of sp³-hybridized carbons (Fsp3) is 0.385. The van der Waals surface area contributed by atoms with Crippen LogP contribution in [0.1, 0.15) is 49.5 Å². The molecule has 188 valence electrons. The van der Waals surface area contributed by atoms with Crippen LogP contribution in [0.3, 0.4) is 0 Å². The van der Waals surface area contributed by atoms with Crippen LogP contribution < -0.4 is 0 Å². The summed E-state index contributed by atoms with van der Waals surface area (Å²) in [5, 5.41) is 1.95. The van der Waals surface area contributed by atoms with Crippen molar-refractivity contribution in [3.8, 4) is 0 Å². The van der Waals surface area contributed by atoms with Gasteiger partial charge in [-0.15, -0.1) is 11.3 Å². The highest BCUT2D eigenvalue weighted by atomic mass is 32.2. The number of hydrogen-bond donors (Lipinski definition) is 0. The van der Waals surface area contributed by atoms with Gasteiger partial charge in [0, 0.05) is 30.6 Å². The third-order valence-electron chi connectivity index (χ3n) is 6.50. The van der Waals surface area contributed by atoms with Crippen molar-refractivity contribution in [2.75, 3.05) is 6.54 Å². The molecule has 1 aromatic heterocycles. The minimum Gasteiger partial charge on any atom is -0.207 e. The van der Waals surface area contributed by atoms with E-state index in [9.17, 15) is 16.8 Å². The van der Waals surface area contributed by atoms with Crippen LogP contribution in [-0.4, -0.2) is 38.0 Å². The Morgan fingerprint density at radius 1 is 0.771 bits per heavy atom. The second-order valence-corrected chi connectivity index (χ2v) is 13.7. The summed E-state index contributed by atoms with van der Waals surface area (Å²) in [5.41, 5.74) is 0.897. The van der Waals surface area contributed by atoms with Gasteiger partial charge in [0.1, 0.15) is 0 Å². The summed E-state index contributed by atoms with van der Waals surface area (Å²) in [6, 6.07) is 19.0. The van der Waals surface area contributed by atoms with Crippen molar-refractivity contribution in [3.05, 3.63) is 82.6 Å². The minimum absolute atomic E-state index is 0.0410. The Bertz CT molecular complexity index is 1280. The van der Waals surface area contributed by atoms with Gasteiger partial charge in [0.25, 0.3) is 0 Å².